The lowest BCUT2D eigenvalue weighted by atomic mass is 9.13. The maximum absolute atomic E-state index is 6.90. The van der Waals surface area contributed by atoms with Crippen LogP contribution in [0.1, 0.15) is 0 Å². The van der Waals surface area contributed by atoms with E-state index in [0.29, 0.717) is 0 Å². The molecule has 1 saturated heterocycles. The molecule has 1 heterocycles. The van der Waals surface area contributed by atoms with Gasteiger partial charge in [-0.25, -0.2) is 0 Å². The van der Waals surface area contributed by atoms with E-state index in [9.17, 15) is 0 Å². The van der Waals surface area contributed by atoms with Gasteiger partial charge in [-0.15, -0.1) is 81.2 Å². The molecule has 1 spiro atoms. The van der Waals surface area contributed by atoms with Gasteiger partial charge >= 0.3 is 0 Å². The fourth-order valence-corrected chi connectivity index (χ4v) is 13.2. The molecule has 0 aromatic carbocycles. The summed E-state index contributed by atoms with van der Waals surface area (Å²) in [6.45, 7) is 0.575. The third kappa shape index (κ3) is 0.531. The standard InChI is InChI=1S/C11H6Cl7NO2/c12-3-5(14)4(13)7(16)9(18,6(3,15)10(5,7)19)11(8(3,4)17)20-1-2-21-11/h1-2,19H2. The van der Waals surface area contributed by atoms with Gasteiger partial charge in [0.25, 0.3) is 0 Å². The van der Waals surface area contributed by atoms with E-state index in [0.717, 1.165) is 0 Å². The van der Waals surface area contributed by atoms with Crippen LogP contribution in [0.5, 0.6) is 0 Å². The van der Waals surface area contributed by atoms with Crippen molar-refractivity contribution in [3.05, 3.63) is 0 Å². The van der Waals surface area contributed by atoms with Crippen LogP contribution in [0.2, 0.25) is 0 Å². The Labute approximate surface area is 154 Å². The highest BCUT2D eigenvalue weighted by molar-refractivity contribution is 6.72. The Morgan fingerprint density at radius 1 is 0.571 bits per heavy atom. The van der Waals surface area contributed by atoms with Gasteiger partial charge in [-0.1, -0.05) is 0 Å². The Balaban J connectivity index is 1.82. The van der Waals surface area contributed by atoms with Gasteiger partial charge < -0.3 is 15.2 Å². The molecule has 7 rings (SSSR count). The van der Waals surface area contributed by atoms with Crippen molar-refractivity contribution < 1.29 is 9.47 Å². The second kappa shape index (κ2) is 2.67. The number of rotatable bonds is 0. The Kier molecular flexibility index (Phi) is 1.79. The van der Waals surface area contributed by atoms with Gasteiger partial charge in [0.1, 0.15) is 34.1 Å². The summed E-state index contributed by atoms with van der Waals surface area (Å²) in [7, 11) is 0. The molecular formula is C11H6Cl7NO2. The summed E-state index contributed by atoms with van der Waals surface area (Å²) >= 11 is 47.7. The van der Waals surface area contributed by atoms with Crippen LogP contribution in [0.3, 0.4) is 0 Å². The Bertz CT molecular complexity index is 612. The van der Waals surface area contributed by atoms with Gasteiger partial charge in [0.2, 0.25) is 5.79 Å². The highest BCUT2D eigenvalue weighted by Gasteiger charge is 3.37. The maximum Gasteiger partial charge on any atom is 0.215 e. The van der Waals surface area contributed by atoms with Crippen LogP contribution < -0.4 is 5.73 Å². The predicted octanol–water partition coefficient (Wildman–Crippen LogP) is 2.34. The summed E-state index contributed by atoms with van der Waals surface area (Å²) in [5.74, 6) is -1.51. The van der Waals surface area contributed by atoms with Crippen LogP contribution in [0, 0.1) is 0 Å². The molecule has 0 aromatic rings. The number of hydrogen-bond acceptors (Lipinski definition) is 3. The molecule has 2 N–H and O–H groups in total. The second-order valence-electron chi connectivity index (χ2n) is 6.73. The quantitative estimate of drug-likeness (QED) is 0.598. The average molecular weight is 432 g/mol. The first-order chi connectivity index (χ1) is 9.46. The molecule has 116 valence electrons. The molecule has 6 aliphatic carbocycles. The zero-order chi connectivity index (χ0) is 15.3. The topological polar surface area (TPSA) is 44.5 Å². The van der Waals surface area contributed by atoms with Crippen molar-refractivity contribution in [1.82, 2.24) is 0 Å². The minimum absolute atomic E-state index is 0.287. The number of ether oxygens (including phenoxy) is 2. The van der Waals surface area contributed by atoms with Gasteiger partial charge in [-0.3, -0.25) is 0 Å². The fourth-order valence-electron chi connectivity index (χ4n) is 6.66. The fraction of sp³-hybridized carbons (Fsp3) is 1.00. The average Bonchev–Trinajstić information content (AvgIpc) is 2.99. The lowest BCUT2D eigenvalue weighted by molar-refractivity contribution is -0.284. The molecule has 7 fully saturated rings. The van der Waals surface area contributed by atoms with E-state index in [1.54, 1.807) is 0 Å². The zero-order valence-corrected chi connectivity index (χ0v) is 15.2. The van der Waals surface area contributed by atoms with E-state index < -0.39 is 45.4 Å². The SMILES string of the molecule is NC12C3(Cl)C4(Cl)C5(OCCO5)C5(Cl)C3(Cl)C1(Cl)C5(Cl)C24Cl. The van der Waals surface area contributed by atoms with Crippen LogP contribution in [-0.4, -0.2) is 58.7 Å². The molecular weight excluding hydrogens is 426 g/mol. The summed E-state index contributed by atoms with van der Waals surface area (Å²) in [6.07, 6.45) is 0. The number of hydrogen-bond donors (Lipinski definition) is 1. The Hall–Kier alpha value is 1.91. The van der Waals surface area contributed by atoms with Crippen LogP contribution >= 0.6 is 81.2 Å². The molecule has 0 amide bonds. The minimum atomic E-state index is -1.51. The highest BCUT2D eigenvalue weighted by atomic mass is 35.5. The molecule has 0 aromatic heterocycles. The van der Waals surface area contributed by atoms with Crippen molar-refractivity contribution in [2.45, 2.75) is 45.4 Å². The van der Waals surface area contributed by atoms with Gasteiger partial charge in [0.05, 0.1) is 18.8 Å². The van der Waals surface area contributed by atoms with Gasteiger partial charge in [0.15, 0.2) is 0 Å². The molecule has 4 unspecified atom stereocenters. The summed E-state index contributed by atoms with van der Waals surface area (Å²) < 4.78 is 11.6. The van der Waals surface area contributed by atoms with E-state index in [1.165, 1.54) is 0 Å². The maximum atomic E-state index is 6.90. The monoisotopic (exact) mass is 429 g/mol. The van der Waals surface area contributed by atoms with E-state index in [2.05, 4.69) is 0 Å². The predicted molar refractivity (Wildman–Crippen MR) is 81.6 cm³/mol. The normalized spacial score (nSPS) is 83.4. The summed E-state index contributed by atoms with van der Waals surface area (Å²) in [5, 5.41) is 0. The molecule has 7 aliphatic rings. The molecule has 3 nitrogen and oxygen atoms in total. The second-order valence-corrected chi connectivity index (χ2v) is 10.7. The lowest BCUT2D eigenvalue weighted by Crippen LogP contribution is -3.30. The van der Waals surface area contributed by atoms with Crippen molar-refractivity contribution in [2.75, 3.05) is 13.2 Å². The van der Waals surface area contributed by atoms with Gasteiger partial charge in [0, 0.05) is 0 Å². The third-order valence-corrected chi connectivity index (χ3v) is 13.7. The minimum Gasteiger partial charge on any atom is -0.344 e. The van der Waals surface area contributed by atoms with E-state index in [-0.39, 0.29) is 13.2 Å². The highest BCUT2D eigenvalue weighted by Crippen LogP contribution is 3.14. The van der Waals surface area contributed by atoms with Crippen LogP contribution in [0.4, 0.5) is 0 Å². The Morgan fingerprint density at radius 3 is 1.33 bits per heavy atom. The Morgan fingerprint density at radius 2 is 0.905 bits per heavy atom. The van der Waals surface area contributed by atoms with Crippen molar-refractivity contribution >= 4 is 81.2 Å². The van der Waals surface area contributed by atoms with Crippen molar-refractivity contribution in [1.29, 1.82) is 0 Å². The smallest absolute Gasteiger partial charge is 0.215 e. The summed E-state index contributed by atoms with van der Waals surface area (Å²) in [5.41, 5.74) is 5.20. The third-order valence-electron chi connectivity index (χ3n) is 7.03. The van der Waals surface area contributed by atoms with Crippen molar-refractivity contribution in [2.24, 2.45) is 5.73 Å². The first-order valence-corrected chi connectivity index (χ1v) is 8.99. The number of halogens is 7. The van der Waals surface area contributed by atoms with Crippen molar-refractivity contribution in [3.8, 4) is 0 Å². The van der Waals surface area contributed by atoms with E-state index >= 15 is 0 Å². The van der Waals surface area contributed by atoms with E-state index in [1.807, 2.05) is 0 Å². The largest absolute Gasteiger partial charge is 0.344 e. The van der Waals surface area contributed by atoms with E-state index in [4.69, 9.17) is 96.4 Å². The van der Waals surface area contributed by atoms with Gasteiger partial charge in [-0.05, 0) is 0 Å². The van der Waals surface area contributed by atoms with Crippen LogP contribution in [0.25, 0.3) is 0 Å². The molecule has 10 heteroatoms. The van der Waals surface area contributed by atoms with Crippen LogP contribution in [-0.2, 0) is 9.47 Å². The first-order valence-electron chi connectivity index (χ1n) is 6.35. The molecule has 0 radical (unpaired) electrons. The first kappa shape index (κ1) is 14.1. The van der Waals surface area contributed by atoms with Gasteiger partial charge in [-0.2, -0.15) is 0 Å². The lowest BCUT2D eigenvalue weighted by Gasteiger charge is -3.04. The summed E-state index contributed by atoms with van der Waals surface area (Å²) in [6, 6.07) is 0. The number of alkyl halides is 7. The van der Waals surface area contributed by atoms with Crippen molar-refractivity contribution in [3.63, 3.8) is 0 Å². The molecule has 1 aliphatic heterocycles. The zero-order valence-electron chi connectivity index (χ0n) is 9.95. The molecule has 6 saturated carbocycles. The van der Waals surface area contributed by atoms with Crippen LogP contribution in [0.15, 0.2) is 0 Å². The molecule has 2 bridgehead atoms. The summed E-state index contributed by atoms with van der Waals surface area (Å²) in [4.78, 5) is -9.61. The molecule has 21 heavy (non-hydrogen) atoms. The molecule has 4 atom stereocenters. The number of nitrogens with two attached hydrogens (primary N) is 1.